The van der Waals surface area contributed by atoms with Gasteiger partial charge in [-0.25, -0.2) is 0 Å². The third kappa shape index (κ3) is 5.40. The van der Waals surface area contributed by atoms with Crippen molar-refractivity contribution in [2.45, 2.75) is 93.4 Å². The van der Waals surface area contributed by atoms with E-state index in [0.29, 0.717) is 0 Å². The SMILES string of the molecule is C/C1=C\C=C(\c2cc(C)cc3c2-c2ccc(C)cc2C3(C)C)C2C=CC=C(C2)c2cc(-c3cc(C)cc4c3-c3ccc(C)cc3C4(C)C)ccc21.CC. The molecule has 0 fully saturated rings. The van der Waals surface area contributed by atoms with Crippen molar-refractivity contribution >= 4 is 16.7 Å². The zero-order valence-electron chi connectivity index (χ0n) is 33.7. The van der Waals surface area contributed by atoms with Crippen molar-refractivity contribution < 1.29 is 0 Å². The number of benzene rings is 5. The van der Waals surface area contributed by atoms with E-state index in [1.165, 1.54) is 111 Å². The number of allylic oxidation sites excluding steroid dienone is 8. The van der Waals surface area contributed by atoms with Crippen LogP contribution in [0.1, 0.15) is 116 Å². The molecule has 0 aliphatic heterocycles. The molecular weight excluding hydrogens is 637 g/mol. The first-order valence-corrected chi connectivity index (χ1v) is 19.8. The molecule has 0 amide bonds. The number of hydrogen-bond donors (Lipinski definition) is 0. The average Bonchev–Trinajstić information content (AvgIpc) is 3.51. The van der Waals surface area contributed by atoms with Crippen LogP contribution < -0.4 is 0 Å². The van der Waals surface area contributed by atoms with Gasteiger partial charge in [-0.15, -0.1) is 0 Å². The van der Waals surface area contributed by atoms with E-state index < -0.39 is 0 Å². The van der Waals surface area contributed by atoms with Gasteiger partial charge in [0.1, 0.15) is 0 Å². The van der Waals surface area contributed by atoms with Gasteiger partial charge in [0.05, 0.1) is 0 Å². The Balaban J connectivity index is 0.00000197. The summed E-state index contributed by atoms with van der Waals surface area (Å²) < 4.78 is 0. The second kappa shape index (κ2) is 12.6. The number of hydrogen-bond acceptors (Lipinski definition) is 0. The van der Waals surface area contributed by atoms with E-state index in [-0.39, 0.29) is 16.7 Å². The molecule has 0 nitrogen and oxygen atoms in total. The van der Waals surface area contributed by atoms with Crippen molar-refractivity contribution in [1.82, 2.24) is 0 Å². The van der Waals surface area contributed by atoms with Gasteiger partial charge in [0.15, 0.2) is 0 Å². The molecule has 0 spiro atoms. The minimum atomic E-state index is -0.0348. The molecule has 0 saturated heterocycles. The van der Waals surface area contributed by atoms with Crippen LogP contribution in [0.25, 0.3) is 50.1 Å². The molecule has 9 rings (SSSR count). The highest BCUT2D eigenvalue weighted by Crippen LogP contribution is 2.55. The summed E-state index contributed by atoms with van der Waals surface area (Å²) in [5.41, 5.74) is 27.5. The predicted octanol–water partition coefficient (Wildman–Crippen LogP) is 14.7. The maximum atomic E-state index is 2.50. The molecule has 0 heteroatoms. The summed E-state index contributed by atoms with van der Waals surface area (Å²) in [6, 6.07) is 31.1. The summed E-state index contributed by atoms with van der Waals surface area (Å²) in [6.07, 6.45) is 12.9. The normalized spacial score (nSPS) is 20.0. The van der Waals surface area contributed by atoms with E-state index in [0.717, 1.165) is 6.42 Å². The van der Waals surface area contributed by atoms with Gasteiger partial charge in [-0.1, -0.05) is 167 Å². The molecule has 4 aliphatic carbocycles. The van der Waals surface area contributed by atoms with Gasteiger partial charge in [0, 0.05) is 16.7 Å². The Labute approximate surface area is 318 Å². The maximum Gasteiger partial charge on any atom is 0.0159 e. The topological polar surface area (TPSA) is 0 Å². The van der Waals surface area contributed by atoms with E-state index >= 15 is 0 Å². The fourth-order valence-corrected chi connectivity index (χ4v) is 9.80. The molecule has 0 N–H and O–H groups in total. The quantitative estimate of drug-likeness (QED) is 0.173. The third-order valence-electron chi connectivity index (χ3n) is 12.6. The van der Waals surface area contributed by atoms with Crippen LogP contribution in [-0.2, 0) is 10.8 Å². The summed E-state index contributed by atoms with van der Waals surface area (Å²) in [5.74, 6) is 0.284. The Morgan fingerprint density at radius 3 is 1.60 bits per heavy atom. The lowest BCUT2D eigenvalue weighted by Crippen LogP contribution is -2.15. The first-order chi connectivity index (χ1) is 25.3. The molecule has 0 heterocycles. The average molecular weight is 691 g/mol. The van der Waals surface area contributed by atoms with Crippen molar-refractivity contribution in [3.63, 3.8) is 0 Å². The number of rotatable bonds is 2. The Kier molecular flexibility index (Phi) is 8.34. The minimum Gasteiger partial charge on any atom is -0.0766 e. The fraction of sp³-hybridized carbons (Fsp3) is 0.283. The molecule has 2 bridgehead atoms. The maximum absolute atomic E-state index is 2.50. The molecule has 0 radical (unpaired) electrons. The Morgan fingerprint density at radius 1 is 0.472 bits per heavy atom. The van der Waals surface area contributed by atoms with E-state index in [4.69, 9.17) is 0 Å². The van der Waals surface area contributed by atoms with E-state index in [2.05, 4.69) is 172 Å². The summed E-state index contributed by atoms with van der Waals surface area (Å²) >= 11 is 0. The van der Waals surface area contributed by atoms with Crippen molar-refractivity contribution in [1.29, 1.82) is 0 Å². The van der Waals surface area contributed by atoms with Crippen LogP contribution >= 0.6 is 0 Å². The van der Waals surface area contributed by atoms with Gasteiger partial charge in [-0.05, 0) is 136 Å². The number of fused-ring (bicyclic) bond motifs is 10. The monoisotopic (exact) mass is 690 g/mol. The Bertz CT molecular complexity index is 2480. The van der Waals surface area contributed by atoms with E-state index in [1.807, 2.05) is 13.8 Å². The number of aryl methyl sites for hydroxylation is 4. The minimum absolute atomic E-state index is 0.0329. The van der Waals surface area contributed by atoms with E-state index in [9.17, 15) is 0 Å². The van der Waals surface area contributed by atoms with Gasteiger partial charge in [0.2, 0.25) is 0 Å². The Morgan fingerprint density at radius 2 is 1.00 bits per heavy atom. The van der Waals surface area contributed by atoms with Gasteiger partial charge < -0.3 is 0 Å². The molecule has 4 aliphatic rings. The highest BCUT2D eigenvalue weighted by Gasteiger charge is 2.39. The molecular formula is C53H54. The summed E-state index contributed by atoms with van der Waals surface area (Å²) in [7, 11) is 0. The molecule has 53 heavy (non-hydrogen) atoms. The van der Waals surface area contributed by atoms with Crippen LogP contribution in [0.2, 0.25) is 0 Å². The Hall–Kier alpha value is -4.94. The highest BCUT2D eigenvalue weighted by atomic mass is 14.4. The zero-order valence-corrected chi connectivity index (χ0v) is 33.7. The van der Waals surface area contributed by atoms with Crippen molar-refractivity contribution in [3.8, 4) is 33.4 Å². The van der Waals surface area contributed by atoms with E-state index in [1.54, 1.807) is 0 Å². The van der Waals surface area contributed by atoms with Crippen LogP contribution in [0, 0.1) is 33.6 Å². The third-order valence-corrected chi connectivity index (χ3v) is 12.6. The molecule has 266 valence electrons. The van der Waals surface area contributed by atoms with Gasteiger partial charge in [-0.3, -0.25) is 0 Å². The largest absolute Gasteiger partial charge is 0.0766 e. The van der Waals surface area contributed by atoms with Crippen molar-refractivity contribution in [2.75, 3.05) is 0 Å². The van der Waals surface area contributed by atoms with Crippen LogP contribution in [0.5, 0.6) is 0 Å². The van der Waals surface area contributed by atoms with Crippen molar-refractivity contribution in [3.05, 3.63) is 170 Å². The van der Waals surface area contributed by atoms with Crippen LogP contribution in [0.3, 0.4) is 0 Å². The lowest BCUT2D eigenvalue weighted by molar-refractivity contribution is 0.659. The standard InChI is InChI=1S/C51H48.C2H6/c1-29-13-17-39-44(23-29)50(6,7)46-25-31(3)21-42(48(39)46)36-16-20-37-33(5)15-19-38(34-11-10-12-35(27-34)41(37)28-36)43-22-32(4)26-47-49(43)40-18-14-30(2)24-45(40)51(47,8)9;1-2/h10-26,28,34H,27H2,1-9H3;1-2H3/b33-15+,38-19+;. The fourth-order valence-electron chi connectivity index (χ4n) is 9.80. The van der Waals surface area contributed by atoms with Crippen LogP contribution in [0.4, 0.5) is 0 Å². The highest BCUT2D eigenvalue weighted by molar-refractivity contribution is 5.97. The smallest absolute Gasteiger partial charge is 0.0159 e. The second-order valence-electron chi connectivity index (χ2n) is 16.9. The van der Waals surface area contributed by atoms with Crippen molar-refractivity contribution in [2.24, 2.45) is 5.92 Å². The van der Waals surface area contributed by atoms with Crippen LogP contribution in [0.15, 0.2) is 109 Å². The molecule has 5 aromatic rings. The summed E-state index contributed by atoms with van der Waals surface area (Å²) in [5, 5.41) is 0. The first kappa shape index (κ1) is 35.1. The zero-order chi connectivity index (χ0) is 37.6. The molecule has 1 atom stereocenters. The van der Waals surface area contributed by atoms with Gasteiger partial charge >= 0.3 is 0 Å². The lowest BCUT2D eigenvalue weighted by Gasteiger charge is -2.26. The van der Waals surface area contributed by atoms with Crippen LogP contribution in [-0.4, -0.2) is 0 Å². The predicted molar refractivity (Wildman–Crippen MR) is 231 cm³/mol. The first-order valence-electron chi connectivity index (χ1n) is 19.8. The molecule has 1 unspecified atom stereocenters. The van der Waals surface area contributed by atoms with Gasteiger partial charge in [-0.2, -0.15) is 0 Å². The molecule has 0 aromatic heterocycles. The van der Waals surface area contributed by atoms with Gasteiger partial charge in [0.25, 0.3) is 0 Å². The second-order valence-corrected chi connectivity index (χ2v) is 16.9. The summed E-state index contributed by atoms with van der Waals surface area (Å²) in [4.78, 5) is 0. The lowest BCUT2D eigenvalue weighted by atomic mass is 9.77. The molecule has 5 aromatic carbocycles. The molecule has 0 saturated carbocycles. The summed E-state index contributed by atoms with van der Waals surface area (Å²) in [6.45, 7) is 24.9.